The quantitative estimate of drug-likeness (QED) is 0.0842. The summed E-state index contributed by atoms with van der Waals surface area (Å²) in [5, 5.41) is 0. The van der Waals surface area contributed by atoms with Gasteiger partial charge in [0.25, 0.3) is 0 Å². The molecule has 4 heteroatoms. The summed E-state index contributed by atoms with van der Waals surface area (Å²) in [7, 11) is -1.64. The Hall–Kier alpha value is -2.04. The SMILES string of the molecule is CC[Si](CC)(CC)O[C@@H]1CC(C)=C(CC(=O)/C(C)=C/C=C/C(C)=C/C=C/C=C(\C)C=O)C(C)(C)C1. The molecule has 0 aliphatic heterocycles. The monoisotopic (exact) mass is 496 g/mol. The number of aldehydes is 1. The Bertz CT molecular complexity index is 913. The molecular weight excluding hydrogens is 448 g/mol. The van der Waals surface area contributed by atoms with E-state index in [1.54, 1.807) is 13.0 Å². The predicted octanol–water partition coefficient (Wildman–Crippen LogP) is 8.62. The lowest BCUT2D eigenvalue weighted by Crippen LogP contribution is -2.43. The fourth-order valence-electron chi connectivity index (χ4n) is 4.88. The molecule has 0 aromatic carbocycles. The minimum atomic E-state index is -1.64. The van der Waals surface area contributed by atoms with Gasteiger partial charge in [0.1, 0.15) is 6.29 Å². The minimum absolute atomic E-state index is 0.0313. The molecule has 0 aromatic rings. The van der Waals surface area contributed by atoms with E-state index in [1.807, 2.05) is 50.3 Å². The van der Waals surface area contributed by atoms with E-state index in [4.69, 9.17) is 4.43 Å². The second-order valence-electron chi connectivity index (χ2n) is 10.7. The number of ketones is 1. The molecular formula is C31H48O3Si. The van der Waals surface area contributed by atoms with Crippen LogP contribution in [0.5, 0.6) is 0 Å². The first-order valence-corrected chi connectivity index (χ1v) is 15.7. The molecule has 194 valence electrons. The zero-order chi connectivity index (χ0) is 26.6. The van der Waals surface area contributed by atoms with E-state index in [-0.39, 0.29) is 17.3 Å². The van der Waals surface area contributed by atoms with Crippen LogP contribution in [0.25, 0.3) is 0 Å². The van der Waals surface area contributed by atoms with Gasteiger partial charge in [0.05, 0.1) is 0 Å². The van der Waals surface area contributed by atoms with E-state index in [1.165, 1.54) is 29.3 Å². The summed E-state index contributed by atoms with van der Waals surface area (Å²) in [6.45, 7) is 19.3. The van der Waals surface area contributed by atoms with Crippen LogP contribution in [0, 0.1) is 5.41 Å². The van der Waals surface area contributed by atoms with E-state index in [9.17, 15) is 9.59 Å². The number of carbonyl (C=O) groups is 2. The zero-order valence-corrected chi connectivity index (χ0v) is 24.7. The van der Waals surface area contributed by atoms with Crippen LogP contribution in [0.4, 0.5) is 0 Å². The Balaban J connectivity index is 2.88. The van der Waals surface area contributed by atoms with Crippen molar-refractivity contribution in [3.05, 3.63) is 70.4 Å². The first-order valence-electron chi connectivity index (χ1n) is 13.2. The van der Waals surface area contributed by atoms with Gasteiger partial charge in [-0.3, -0.25) is 9.59 Å². The van der Waals surface area contributed by atoms with E-state index < -0.39 is 8.32 Å². The van der Waals surface area contributed by atoms with Crippen LogP contribution in [-0.2, 0) is 14.0 Å². The normalized spacial score (nSPS) is 20.3. The van der Waals surface area contributed by atoms with Crippen LogP contribution in [-0.4, -0.2) is 26.5 Å². The molecule has 0 aromatic heterocycles. The van der Waals surface area contributed by atoms with Crippen LogP contribution in [0.2, 0.25) is 18.1 Å². The maximum atomic E-state index is 13.1. The van der Waals surface area contributed by atoms with Crippen molar-refractivity contribution < 1.29 is 14.0 Å². The first-order chi connectivity index (χ1) is 16.4. The van der Waals surface area contributed by atoms with Gasteiger partial charge in [0, 0.05) is 12.5 Å². The second kappa shape index (κ2) is 14.5. The molecule has 0 saturated carbocycles. The van der Waals surface area contributed by atoms with Gasteiger partial charge in [-0.05, 0) is 75.2 Å². The van der Waals surface area contributed by atoms with Crippen LogP contribution >= 0.6 is 0 Å². The Kier molecular flexibility index (Phi) is 12.8. The molecule has 0 fully saturated rings. The lowest BCUT2D eigenvalue weighted by Gasteiger charge is -2.42. The molecule has 0 heterocycles. The molecule has 1 aliphatic rings. The lowest BCUT2D eigenvalue weighted by atomic mass is 9.70. The molecule has 0 amide bonds. The number of rotatable bonds is 13. The number of hydrogen-bond donors (Lipinski definition) is 0. The van der Waals surface area contributed by atoms with Gasteiger partial charge >= 0.3 is 0 Å². The van der Waals surface area contributed by atoms with Crippen molar-refractivity contribution in [1.29, 1.82) is 0 Å². The Morgan fingerprint density at radius 1 is 0.971 bits per heavy atom. The zero-order valence-electron chi connectivity index (χ0n) is 23.7. The average Bonchev–Trinajstić information content (AvgIpc) is 2.82. The molecule has 0 bridgehead atoms. The third kappa shape index (κ3) is 9.85. The van der Waals surface area contributed by atoms with Crippen molar-refractivity contribution in [1.82, 2.24) is 0 Å². The average molecular weight is 497 g/mol. The number of hydrogen-bond acceptors (Lipinski definition) is 3. The van der Waals surface area contributed by atoms with E-state index in [0.29, 0.717) is 12.0 Å². The van der Waals surface area contributed by atoms with Crippen molar-refractivity contribution in [2.45, 2.75) is 106 Å². The molecule has 1 atom stereocenters. The Labute approximate surface area is 215 Å². The largest absolute Gasteiger partial charge is 0.414 e. The standard InChI is InChI=1S/C31H48O3Si/c1-10-35(11-2,12-3)34-28-20-27(7)29(31(8,9)22-28)21-30(33)26(6)19-15-18-24(4)16-13-14-17-25(5)23-32/h13-19,23,28H,10-12,20-22H2,1-9H3/b14-13+,18-15+,24-16+,25-17+,26-19+/t28-/m1/s1. The summed E-state index contributed by atoms with van der Waals surface area (Å²) in [6, 6.07) is 3.51. The topological polar surface area (TPSA) is 43.4 Å². The van der Waals surface area contributed by atoms with Gasteiger partial charge < -0.3 is 4.43 Å². The van der Waals surface area contributed by atoms with E-state index in [2.05, 4.69) is 41.5 Å². The van der Waals surface area contributed by atoms with Crippen LogP contribution in [0.15, 0.2) is 70.4 Å². The highest BCUT2D eigenvalue weighted by Crippen LogP contribution is 2.44. The van der Waals surface area contributed by atoms with Gasteiger partial charge in [-0.25, -0.2) is 0 Å². The summed E-state index contributed by atoms with van der Waals surface area (Å²) >= 11 is 0. The molecule has 0 radical (unpaired) electrons. The number of Topliss-reactive ketones (excluding diaryl/α,β-unsaturated/α-hetero) is 1. The van der Waals surface area contributed by atoms with Gasteiger partial charge in [-0.15, -0.1) is 0 Å². The molecule has 1 rings (SSSR count). The number of allylic oxidation sites excluding steroid dienone is 11. The molecule has 3 nitrogen and oxygen atoms in total. The van der Waals surface area contributed by atoms with Crippen LogP contribution in [0.3, 0.4) is 0 Å². The third-order valence-corrected chi connectivity index (χ3v) is 12.2. The summed E-state index contributed by atoms with van der Waals surface area (Å²) in [4.78, 5) is 23.7. The smallest absolute Gasteiger partial charge is 0.192 e. The molecule has 0 unspecified atom stereocenters. The van der Waals surface area contributed by atoms with Crippen molar-refractivity contribution in [3.63, 3.8) is 0 Å². The fourth-order valence-corrected chi connectivity index (χ4v) is 7.75. The van der Waals surface area contributed by atoms with Crippen molar-refractivity contribution in [2.24, 2.45) is 5.41 Å². The molecule has 0 N–H and O–H groups in total. The Morgan fingerprint density at radius 3 is 2.06 bits per heavy atom. The van der Waals surface area contributed by atoms with Crippen LogP contribution < -0.4 is 0 Å². The summed E-state index contributed by atoms with van der Waals surface area (Å²) in [6.07, 6.45) is 16.8. The fraction of sp³-hybridized carbons (Fsp3) is 0.548. The maximum Gasteiger partial charge on any atom is 0.192 e. The van der Waals surface area contributed by atoms with Gasteiger partial charge in [-0.1, -0.05) is 93.9 Å². The van der Waals surface area contributed by atoms with Crippen LogP contribution in [0.1, 0.15) is 81.6 Å². The number of carbonyl (C=O) groups excluding carboxylic acids is 2. The lowest BCUT2D eigenvalue weighted by molar-refractivity contribution is -0.115. The van der Waals surface area contributed by atoms with Gasteiger partial charge in [0.15, 0.2) is 14.1 Å². The molecule has 1 aliphatic carbocycles. The first kappa shape index (κ1) is 31.0. The van der Waals surface area contributed by atoms with Crippen molar-refractivity contribution >= 4 is 20.4 Å². The second-order valence-corrected chi connectivity index (χ2v) is 15.4. The van der Waals surface area contributed by atoms with Crippen molar-refractivity contribution in [3.8, 4) is 0 Å². The summed E-state index contributed by atoms with van der Waals surface area (Å²) in [5.41, 5.74) is 5.12. The highest BCUT2D eigenvalue weighted by atomic mass is 28.4. The molecule has 35 heavy (non-hydrogen) atoms. The Morgan fingerprint density at radius 2 is 1.54 bits per heavy atom. The van der Waals surface area contributed by atoms with Crippen molar-refractivity contribution in [2.75, 3.05) is 0 Å². The summed E-state index contributed by atoms with van der Waals surface area (Å²) < 4.78 is 6.83. The highest BCUT2D eigenvalue weighted by molar-refractivity contribution is 6.73. The van der Waals surface area contributed by atoms with Gasteiger partial charge in [-0.2, -0.15) is 0 Å². The predicted molar refractivity (Wildman–Crippen MR) is 153 cm³/mol. The van der Waals surface area contributed by atoms with E-state index >= 15 is 0 Å². The molecule has 0 spiro atoms. The highest BCUT2D eigenvalue weighted by Gasteiger charge is 2.39. The molecule has 0 saturated heterocycles. The minimum Gasteiger partial charge on any atom is -0.414 e. The maximum absolute atomic E-state index is 13.1. The third-order valence-electron chi connectivity index (χ3n) is 7.45. The summed E-state index contributed by atoms with van der Waals surface area (Å²) in [5.74, 6) is 0.187. The van der Waals surface area contributed by atoms with Gasteiger partial charge in [0.2, 0.25) is 0 Å². The van der Waals surface area contributed by atoms with E-state index in [0.717, 1.165) is 30.3 Å².